The highest BCUT2D eigenvalue weighted by molar-refractivity contribution is 7.99. The van der Waals surface area contributed by atoms with Gasteiger partial charge in [0.1, 0.15) is 0 Å². The van der Waals surface area contributed by atoms with Crippen molar-refractivity contribution in [2.75, 3.05) is 19.5 Å². The zero-order valence-corrected chi connectivity index (χ0v) is 10.2. The van der Waals surface area contributed by atoms with Crippen molar-refractivity contribution in [2.45, 2.75) is 24.3 Å². The molecule has 0 spiro atoms. The number of ether oxygens (including phenoxy) is 1. The summed E-state index contributed by atoms with van der Waals surface area (Å²) in [6.07, 6.45) is 0.974. The van der Waals surface area contributed by atoms with Crippen LogP contribution in [-0.2, 0) is 4.74 Å². The third-order valence-corrected chi connectivity index (χ3v) is 3.36. The minimum Gasteiger partial charge on any atom is -0.384 e. The zero-order chi connectivity index (χ0) is 11.1. The molecule has 0 radical (unpaired) electrons. The van der Waals surface area contributed by atoms with E-state index in [4.69, 9.17) is 10.5 Å². The molecule has 0 saturated heterocycles. The van der Waals surface area contributed by atoms with Gasteiger partial charge < -0.3 is 10.5 Å². The summed E-state index contributed by atoms with van der Waals surface area (Å²) in [5.41, 5.74) is 7.31. The third-order valence-electron chi connectivity index (χ3n) is 2.30. The monoisotopic (exact) mass is 225 g/mol. The lowest BCUT2D eigenvalue weighted by Crippen LogP contribution is -2.09. The van der Waals surface area contributed by atoms with Gasteiger partial charge in [-0.1, -0.05) is 25.1 Å². The summed E-state index contributed by atoms with van der Waals surface area (Å²) in [5, 5.41) is 0. The number of rotatable bonds is 6. The molecule has 1 atom stereocenters. The molecule has 0 aliphatic carbocycles. The number of hydrogen-bond acceptors (Lipinski definition) is 3. The first kappa shape index (κ1) is 12.6. The van der Waals surface area contributed by atoms with Gasteiger partial charge in [0.25, 0.3) is 0 Å². The van der Waals surface area contributed by atoms with E-state index in [1.807, 2.05) is 17.8 Å². The number of thioether (sulfide) groups is 1. The zero-order valence-electron chi connectivity index (χ0n) is 9.40. The van der Waals surface area contributed by atoms with Crippen molar-refractivity contribution in [3.63, 3.8) is 0 Å². The Labute approximate surface area is 96.2 Å². The largest absolute Gasteiger partial charge is 0.384 e. The minimum atomic E-state index is 0.149. The van der Waals surface area contributed by atoms with Crippen LogP contribution in [0.1, 0.15) is 24.9 Å². The van der Waals surface area contributed by atoms with Crippen LogP contribution in [0.25, 0.3) is 0 Å². The molecule has 0 aromatic heterocycles. The molecular weight excluding hydrogens is 206 g/mol. The Morgan fingerprint density at radius 1 is 1.40 bits per heavy atom. The molecular formula is C12H19NOS. The second-order valence-corrected chi connectivity index (χ2v) is 4.53. The fraction of sp³-hybridized carbons (Fsp3) is 0.500. The molecule has 2 nitrogen and oxygen atoms in total. The lowest BCUT2D eigenvalue weighted by atomic mass is 10.1. The van der Waals surface area contributed by atoms with Crippen molar-refractivity contribution in [3.05, 3.63) is 29.8 Å². The number of nitrogens with two attached hydrogens (primary N) is 1. The van der Waals surface area contributed by atoms with Gasteiger partial charge in [0, 0.05) is 23.8 Å². The van der Waals surface area contributed by atoms with Gasteiger partial charge in [0.05, 0.1) is 6.61 Å². The van der Waals surface area contributed by atoms with E-state index in [1.54, 1.807) is 7.11 Å². The smallest absolute Gasteiger partial charge is 0.0556 e. The van der Waals surface area contributed by atoms with Crippen LogP contribution in [0.15, 0.2) is 29.2 Å². The van der Waals surface area contributed by atoms with E-state index in [2.05, 4.69) is 25.1 Å². The van der Waals surface area contributed by atoms with Crippen LogP contribution in [0.2, 0.25) is 0 Å². The molecule has 0 aliphatic rings. The maximum atomic E-state index is 6.05. The van der Waals surface area contributed by atoms with Crippen LogP contribution < -0.4 is 5.73 Å². The Morgan fingerprint density at radius 3 is 2.80 bits per heavy atom. The summed E-state index contributed by atoms with van der Waals surface area (Å²) >= 11 is 1.81. The first-order valence-corrected chi connectivity index (χ1v) is 6.24. The van der Waals surface area contributed by atoms with Gasteiger partial charge in [-0.25, -0.2) is 0 Å². The summed E-state index contributed by atoms with van der Waals surface area (Å²) in [6.45, 7) is 2.89. The predicted molar refractivity (Wildman–Crippen MR) is 66.3 cm³/mol. The molecule has 0 bridgehead atoms. The van der Waals surface area contributed by atoms with Gasteiger partial charge in [0.15, 0.2) is 0 Å². The van der Waals surface area contributed by atoms with Crippen LogP contribution >= 0.6 is 11.8 Å². The van der Waals surface area contributed by atoms with Crippen LogP contribution in [-0.4, -0.2) is 19.5 Å². The number of benzene rings is 1. The highest BCUT2D eigenvalue weighted by Gasteiger charge is 2.08. The van der Waals surface area contributed by atoms with Gasteiger partial charge >= 0.3 is 0 Å². The van der Waals surface area contributed by atoms with E-state index >= 15 is 0 Å². The number of methoxy groups -OCH3 is 1. The van der Waals surface area contributed by atoms with Crippen molar-refractivity contribution in [1.29, 1.82) is 0 Å². The standard InChI is InChI=1S/C12H19NOS/c1-3-11(13)10-6-4-5-7-12(10)15-9-8-14-2/h4-7,11H,3,8-9,13H2,1-2H3. The highest BCUT2D eigenvalue weighted by Crippen LogP contribution is 2.27. The second-order valence-electron chi connectivity index (χ2n) is 3.39. The van der Waals surface area contributed by atoms with Crippen molar-refractivity contribution in [1.82, 2.24) is 0 Å². The van der Waals surface area contributed by atoms with Crippen LogP contribution in [0.5, 0.6) is 0 Å². The van der Waals surface area contributed by atoms with Gasteiger partial charge in [-0.3, -0.25) is 0 Å². The van der Waals surface area contributed by atoms with Gasteiger partial charge in [-0.15, -0.1) is 11.8 Å². The molecule has 0 aliphatic heterocycles. The highest BCUT2D eigenvalue weighted by atomic mass is 32.2. The van der Waals surface area contributed by atoms with E-state index in [1.165, 1.54) is 10.5 Å². The third kappa shape index (κ3) is 3.86. The normalized spacial score (nSPS) is 12.7. The average molecular weight is 225 g/mol. The first-order valence-electron chi connectivity index (χ1n) is 5.25. The van der Waals surface area contributed by atoms with Gasteiger partial charge in [-0.05, 0) is 18.1 Å². The SMILES string of the molecule is CCC(N)c1ccccc1SCCOC. The molecule has 1 rings (SSSR count). The summed E-state index contributed by atoms with van der Waals surface area (Å²) in [5.74, 6) is 0.976. The molecule has 3 heteroatoms. The Balaban J connectivity index is 2.68. The van der Waals surface area contributed by atoms with E-state index in [-0.39, 0.29) is 6.04 Å². The fourth-order valence-corrected chi connectivity index (χ4v) is 2.40. The lowest BCUT2D eigenvalue weighted by molar-refractivity contribution is 0.218. The van der Waals surface area contributed by atoms with Crippen molar-refractivity contribution >= 4 is 11.8 Å². The molecule has 1 unspecified atom stereocenters. The van der Waals surface area contributed by atoms with E-state index in [9.17, 15) is 0 Å². The maximum absolute atomic E-state index is 6.05. The summed E-state index contributed by atoms with van der Waals surface area (Å²) in [7, 11) is 1.73. The summed E-state index contributed by atoms with van der Waals surface area (Å²) < 4.78 is 5.04. The van der Waals surface area contributed by atoms with Gasteiger partial charge in [0.2, 0.25) is 0 Å². The van der Waals surface area contributed by atoms with Crippen molar-refractivity contribution in [2.24, 2.45) is 5.73 Å². The lowest BCUT2D eigenvalue weighted by Gasteiger charge is -2.14. The summed E-state index contributed by atoms with van der Waals surface area (Å²) in [4.78, 5) is 1.28. The van der Waals surface area contributed by atoms with Crippen molar-refractivity contribution < 1.29 is 4.74 Å². The van der Waals surface area contributed by atoms with Crippen LogP contribution in [0.4, 0.5) is 0 Å². The molecule has 0 fully saturated rings. The van der Waals surface area contributed by atoms with Crippen LogP contribution in [0.3, 0.4) is 0 Å². The average Bonchev–Trinajstić information content (AvgIpc) is 2.29. The fourth-order valence-electron chi connectivity index (χ4n) is 1.37. The molecule has 0 heterocycles. The second kappa shape index (κ2) is 6.88. The molecule has 1 aromatic rings. The molecule has 15 heavy (non-hydrogen) atoms. The predicted octanol–water partition coefficient (Wildman–Crippen LogP) is 2.83. The quantitative estimate of drug-likeness (QED) is 0.597. The van der Waals surface area contributed by atoms with Crippen molar-refractivity contribution in [3.8, 4) is 0 Å². The Kier molecular flexibility index (Phi) is 5.76. The van der Waals surface area contributed by atoms with Crippen LogP contribution in [0, 0.1) is 0 Å². The molecule has 1 aromatic carbocycles. The number of hydrogen-bond donors (Lipinski definition) is 1. The Hall–Kier alpha value is -0.510. The Bertz CT molecular complexity index is 291. The topological polar surface area (TPSA) is 35.2 Å². The van der Waals surface area contributed by atoms with Gasteiger partial charge in [-0.2, -0.15) is 0 Å². The maximum Gasteiger partial charge on any atom is 0.0556 e. The summed E-state index contributed by atoms with van der Waals surface area (Å²) in [6, 6.07) is 8.50. The molecule has 0 amide bonds. The molecule has 84 valence electrons. The first-order chi connectivity index (χ1) is 7.29. The minimum absolute atomic E-state index is 0.149. The van der Waals surface area contributed by atoms with E-state index in [0.717, 1.165) is 18.8 Å². The van der Waals surface area contributed by atoms with E-state index in [0.29, 0.717) is 0 Å². The molecule has 0 saturated carbocycles. The Morgan fingerprint density at radius 2 is 2.13 bits per heavy atom. The molecule has 2 N–H and O–H groups in total. The van der Waals surface area contributed by atoms with E-state index < -0.39 is 0 Å².